The molecule has 2 fully saturated rings. The smallest absolute Gasteiger partial charge is 0.305 e. The van der Waals surface area contributed by atoms with Gasteiger partial charge in [0.05, 0.1) is 12.6 Å². The number of terminal acetylenes is 1. The van der Waals surface area contributed by atoms with Crippen LogP contribution >= 0.6 is 43.5 Å². The van der Waals surface area contributed by atoms with Crippen LogP contribution in [0, 0.1) is 24.7 Å². The molecule has 0 radical (unpaired) electrons. The molecule has 4 unspecified atom stereocenters. The number of carbonyl (C=O) groups excluding carboxylic acids is 5. The number of ether oxygens (including phenoxy) is 4. The molecule has 314 valence electrons. The summed E-state index contributed by atoms with van der Waals surface area (Å²) in [5.74, 6) is -0.573. The second kappa shape index (κ2) is 23.9. The predicted octanol–water partition coefficient (Wildman–Crippen LogP) is 6.13. The second-order valence-corrected chi connectivity index (χ2v) is 16.5. The second-order valence-electron chi connectivity index (χ2n) is 14.3. The minimum absolute atomic E-state index is 0.210. The number of aryl methyl sites for hydroxylation is 1. The van der Waals surface area contributed by atoms with Crippen molar-refractivity contribution in [2.24, 2.45) is 11.8 Å². The molecule has 4 aliphatic rings. The number of nitrogens with one attached hydrogen (secondary N) is 1. The molecule has 16 heteroatoms. The SMILES string of the molecule is C#C.CC(=O)OCC(O)OC(C)=O.CC(=O)OCCC(OC(C)=O)N1CCC(CC(=O)N2CCC(C3c4c(Br)cc(Cl)cc4CCC4=CC(Br)=CNC43)CC2)CC1. The fourth-order valence-corrected chi connectivity index (χ4v) is 9.44. The van der Waals surface area contributed by atoms with Crippen molar-refractivity contribution in [1.82, 2.24) is 15.1 Å². The topological polar surface area (TPSA) is 161 Å². The van der Waals surface area contributed by atoms with E-state index >= 15 is 0 Å². The summed E-state index contributed by atoms with van der Waals surface area (Å²) >= 11 is 14.0. The fraction of sp³-hybridized carbons (Fsp3) is 0.585. The highest BCUT2D eigenvalue weighted by atomic mass is 79.9. The van der Waals surface area contributed by atoms with Crippen molar-refractivity contribution in [3.63, 3.8) is 0 Å². The lowest BCUT2D eigenvalue weighted by atomic mass is 9.73. The third-order valence-electron chi connectivity index (χ3n) is 10.3. The van der Waals surface area contributed by atoms with Gasteiger partial charge in [0.25, 0.3) is 0 Å². The maximum absolute atomic E-state index is 13.5. The summed E-state index contributed by atoms with van der Waals surface area (Å²) in [7, 11) is 0. The number of allylic oxidation sites excluding steroid dienone is 2. The van der Waals surface area contributed by atoms with Gasteiger partial charge in [-0.05, 0) is 101 Å². The van der Waals surface area contributed by atoms with E-state index < -0.39 is 24.5 Å². The van der Waals surface area contributed by atoms with Crippen molar-refractivity contribution in [2.45, 2.75) is 104 Å². The predicted molar refractivity (Wildman–Crippen MR) is 222 cm³/mol. The summed E-state index contributed by atoms with van der Waals surface area (Å²) in [6, 6.07) is 4.37. The Bertz CT molecular complexity index is 1650. The van der Waals surface area contributed by atoms with Crippen LogP contribution in [0.15, 0.2) is 38.9 Å². The monoisotopic (exact) mass is 941 g/mol. The summed E-state index contributed by atoms with van der Waals surface area (Å²) in [6.07, 6.45) is 17.2. The minimum atomic E-state index is -1.36. The van der Waals surface area contributed by atoms with Gasteiger partial charge >= 0.3 is 23.9 Å². The van der Waals surface area contributed by atoms with E-state index in [2.05, 4.69) is 87.6 Å². The Kier molecular flexibility index (Phi) is 20.1. The molecular formula is C41H54Br2ClN3O10. The number of nitrogens with zero attached hydrogens (tertiary/aromatic N) is 2. The zero-order valence-electron chi connectivity index (χ0n) is 33.0. The molecule has 13 nitrogen and oxygen atoms in total. The van der Waals surface area contributed by atoms with Gasteiger partial charge in [-0.3, -0.25) is 28.9 Å². The van der Waals surface area contributed by atoms with Crippen molar-refractivity contribution in [2.75, 3.05) is 39.4 Å². The van der Waals surface area contributed by atoms with Crippen LogP contribution in [0.4, 0.5) is 0 Å². The van der Waals surface area contributed by atoms with E-state index in [0.29, 0.717) is 24.7 Å². The number of rotatable bonds is 11. The van der Waals surface area contributed by atoms with Crippen molar-refractivity contribution in [3.05, 3.63) is 55.1 Å². The summed E-state index contributed by atoms with van der Waals surface area (Å²) in [4.78, 5) is 60.8. The quantitative estimate of drug-likeness (QED) is 0.113. The molecule has 4 atom stereocenters. The third-order valence-corrected chi connectivity index (χ3v) is 11.6. The van der Waals surface area contributed by atoms with Gasteiger partial charge in [0.1, 0.15) is 0 Å². The van der Waals surface area contributed by atoms with Crippen LogP contribution in [0.3, 0.4) is 0 Å². The number of benzene rings is 1. The van der Waals surface area contributed by atoms with Gasteiger partial charge in [-0.2, -0.15) is 0 Å². The average molecular weight is 944 g/mol. The van der Waals surface area contributed by atoms with Gasteiger partial charge in [-0.15, -0.1) is 12.8 Å². The number of halogens is 3. The molecule has 1 amide bonds. The van der Waals surface area contributed by atoms with Gasteiger partial charge in [0.2, 0.25) is 12.2 Å². The molecule has 3 heterocycles. The highest BCUT2D eigenvalue weighted by Gasteiger charge is 2.40. The van der Waals surface area contributed by atoms with E-state index in [1.807, 2.05) is 6.07 Å². The summed E-state index contributed by atoms with van der Waals surface area (Å²) in [6.45, 7) is 8.03. The van der Waals surface area contributed by atoms with Gasteiger partial charge < -0.3 is 34.3 Å². The van der Waals surface area contributed by atoms with Crippen LogP contribution < -0.4 is 5.32 Å². The van der Waals surface area contributed by atoms with Crippen molar-refractivity contribution in [3.8, 4) is 12.8 Å². The van der Waals surface area contributed by atoms with Crippen LogP contribution in [0.2, 0.25) is 5.02 Å². The molecule has 57 heavy (non-hydrogen) atoms. The first kappa shape index (κ1) is 48.0. The number of aliphatic hydroxyl groups is 1. The number of fused-ring (bicyclic) bond motifs is 2. The van der Waals surface area contributed by atoms with Crippen LogP contribution in [0.25, 0.3) is 0 Å². The van der Waals surface area contributed by atoms with Crippen molar-refractivity contribution in [1.29, 1.82) is 0 Å². The molecule has 1 aromatic carbocycles. The molecular weight excluding hydrogens is 890 g/mol. The first-order valence-corrected chi connectivity index (χ1v) is 21.0. The van der Waals surface area contributed by atoms with E-state index in [1.54, 1.807) is 0 Å². The van der Waals surface area contributed by atoms with Crippen LogP contribution in [0.5, 0.6) is 0 Å². The number of esters is 4. The standard InChI is InChI=1S/C33H42Br2ClN3O5.C6H10O5.C2H2/c1-20(40)43-14-9-30(44-21(2)41)39-10-5-22(6-11-39)15-29(42)38-12-7-23(8-13-38)32-31-24(17-27(36)18-28(31)35)3-4-25-16-26(34)19-37-33(25)32;1-4(7)10-3-6(9)11-5(2)8;1-2/h16-19,22-23,30,32-33,37H,3-15H2,1-2H3;6,9H,3H2,1-2H3;1-2H. The number of dihydropyridines is 1. The van der Waals surface area contributed by atoms with Gasteiger partial charge in [-0.25, -0.2) is 0 Å². The van der Waals surface area contributed by atoms with Gasteiger partial charge in [0.15, 0.2) is 12.8 Å². The van der Waals surface area contributed by atoms with Crippen LogP contribution in [0.1, 0.15) is 89.7 Å². The van der Waals surface area contributed by atoms with Gasteiger partial charge in [0, 0.05) is 92.8 Å². The van der Waals surface area contributed by atoms with E-state index in [4.69, 9.17) is 26.2 Å². The largest absolute Gasteiger partial charge is 0.466 e. The molecule has 0 bridgehead atoms. The zero-order chi connectivity index (χ0) is 42.2. The Morgan fingerprint density at radius 2 is 1.53 bits per heavy atom. The lowest BCUT2D eigenvalue weighted by Gasteiger charge is -2.42. The maximum Gasteiger partial charge on any atom is 0.305 e. The number of piperidine rings is 2. The number of carbonyl (C=O) groups is 5. The Morgan fingerprint density at radius 3 is 2.12 bits per heavy atom. The average Bonchev–Trinajstić information content (AvgIpc) is 3.31. The molecule has 1 aromatic rings. The third kappa shape index (κ3) is 15.4. The van der Waals surface area contributed by atoms with E-state index in [1.165, 1.54) is 37.5 Å². The summed E-state index contributed by atoms with van der Waals surface area (Å²) < 4.78 is 21.3. The van der Waals surface area contributed by atoms with Crippen LogP contribution in [-0.2, 0) is 49.3 Å². The molecule has 2 N–H and O–H groups in total. The number of aliphatic hydroxyl groups excluding tert-OH is 1. The van der Waals surface area contributed by atoms with Crippen molar-refractivity contribution >= 4 is 73.2 Å². The number of hydrogen-bond donors (Lipinski definition) is 2. The fourth-order valence-electron chi connectivity index (χ4n) is 7.87. The van der Waals surface area contributed by atoms with E-state index in [0.717, 1.165) is 85.6 Å². The highest BCUT2D eigenvalue weighted by Crippen LogP contribution is 2.47. The van der Waals surface area contributed by atoms with Crippen LogP contribution in [-0.4, -0.2) is 103 Å². The Labute approximate surface area is 357 Å². The number of likely N-dealkylation sites (tertiary alicyclic amines) is 2. The summed E-state index contributed by atoms with van der Waals surface area (Å²) in [5.41, 5.74) is 4.09. The number of hydrogen-bond acceptors (Lipinski definition) is 12. The molecule has 5 rings (SSSR count). The molecule has 1 aliphatic carbocycles. The maximum atomic E-state index is 13.5. The molecule has 3 aliphatic heterocycles. The summed E-state index contributed by atoms with van der Waals surface area (Å²) in [5, 5.41) is 13.2. The molecule has 0 aromatic heterocycles. The lowest BCUT2D eigenvalue weighted by molar-refractivity contribution is -0.179. The minimum Gasteiger partial charge on any atom is -0.466 e. The molecule has 0 saturated carbocycles. The van der Waals surface area contributed by atoms with Gasteiger partial charge in [-0.1, -0.05) is 27.5 Å². The Hall–Kier alpha value is -3.42. The normalized spacial score (nSPS) is 20.6. The molecule has 2 saturated heterocycles. The lowest BCUT2D eigenvalue weighted by Crippen LogP contribution is -2.46. The Balaban J connectivity index is 0.000000579. The van der Waals surface area contributed by atoms with Crippen molar-refractivity contribution < 1.29 is 48.0 Å². The zero-order valence-corrected chi connectivity index (χ0v) is 36.9. The Morgan fingerprint density at radius 1 is 0.895 bits per heavy atom. The number of amides is 1. The first-order chi connectivity index (χ1) is 27.1. The molecule has 0 spiro atoms. The first-order valence-electron chi connectivity index (χ1n) is 19.1. The van der Waals surface area contributed by atoms with E-state index in [-0.39, 0.29) is 43.0 Å². The highest BCUT2D eigenvalue weighted by molar-refractivity contribution is 9.12. The van der Waals surface area contributed by atoms with E-state index in [9.17, 15) is 24.0 Å².